The molecular formula is C21H27N3O6S2. The molecule has 2 N–H and O–H groups in total. The van der Waals surface area contributed by atoms with Crippen molar-refractivity contribution >= 4 is 37.3 Å². The number of nitrogens with zero attached hydrogens (tertiary/aromatic N) is 1. The van der Waals surface area contributed by atoms with Crippen molar-refractivity contribution in [3.8, 4) is 5.75 Å². The van der Waals surface area contributed by atoms with Crippen LogP contribution in [-0.2, 0) is 31.3 Å². The highest BCUT2D eigenvalue weighted by Crippen LogP contribution is 2.29. The van der Waals surface area contributed by atoms with Crippen molar-refractivity contribution < 1.29 is 26.4 Å². The number of benzene rings is 2. The molecule has 11 heteroatoms. The first kappa shape index (κ1) is 24.0. The summed E-state index contributed by atoms with van der Waals surface area (Å²) in [6.45, 7) is 1.07. The van der Waals surface area contributed by atoms with Gasteiger partial charge >= 0.3 is 0 Å². The van der Waals surface area contributed by atoms with E-state index in [1.807, 2.05) is 0 Å². The van der Waals surface area contributed by atoms with Crippen molar-refractivity contribution in [2.45, 2.75) is 30.6 Å². The molecule has 0 unspecified atom stereocenters. The number of carbonyl (C=O) groups is 1. The molecule has 0 spiro atoms. The quantitative estimate of drug-likeness (QED) is 0.597. The zero-order valence-corrected chi connectivity index (χ0v) is 19.6. The van der Waals surface area contributed by atoms with Gasteiger partial charge in [-0.05, 0) is 42.7 Å². The van der Waals surface area contributed by atoms with E-state index in [-0.39, 0.29) is 28.7 Å². The Morgan fingerprint density at radius 2 is 1.66 bits per heavy atom. The Hall–Kier alpha value is -2.63. The minimum Gasteiger partial charge on any atom is -0.494 e. The minimum absolute atomic E-state index is 0.0513. The average Bonchev–Trinajstić information content (AvgIpc) is 2.75. The van der Waals surface area contributed by atoms with Gasteiger partial charge in [-0.15, -0.1) is 0 Å². The number of carbonyl (C=O) groups excluding carboxylic acids is 1. The highest BCUT2D eigenvalue weighted by Gasteiger charge is 2.25. The molecule has 0 saturated carbocycles. The van der Waals surface area contributed by atoms with Gasteiger partial charge in [-0.25, -0.2) is 16.8 Å². The van der Waals surface area contributed by atoms with E-state index in [9.17, 15) is 21.6 Å². The lowest BCUT2D eigenvalue weighted by molar-refractivity contribution is -0.115. The summed E-state index contributed by atoms with van der Waals surface area (Å²) in [6.07, 6.45) is 3.87. The average molecular weight is 482 g/mol. The number of rotatable bonds is 8. The summed E-state index contributed by atoms with van der Waals surface area (Å²) in [5.41, 5.74) is 1.37. The zero-order chi connectivity index (χ0) is 23.4. The number of methoxy groups -OCH3 is 1. The van der Waals surface area contributed by atoms with Gasteiger partial charge in [0.1, 0.15) is 5.75 Å². The molecule has 0 aromatic heterocycles. The maximum atomic E-state index is 12.7. The van der Waals surface area contributed by atoms with Gasteiger partial charge in [-0.2, -0.15) is 4.31 Å². The number of nitrogens with one attached hydrogen (secondary N) is 2. The van der Waals surface area contributed by atoms with E-state index in [1.54, 1.807) is 18.2 Å². The number of hydrogen-bond donors (Lipinski definition) is 2. The molecule has 1 saturated heterocycles. The van der Waals surface area contributed by atoms with E-state index in [0.29, 0.717) is 24.3 Å². The summed E-state index contributed by atoms with van der Waals surface area (Å²) in [6, 6.07) is 10.9. The summed E-state index contributed by atoms with van der Waals surface area (Å²) >= 11 is 0. The van der Waals surface area contributed by atoms with Crippen LogP contribution >= 0.6 is 0 Å². The Balaban J connectivity index is 1.65. The molecule has 3 rings (SSSR count). The second-order valence-corrected chi connectivity index (χ2v) is 11.3. The first-order valence-corrected chi connectivity index (χ1v) is 13.5. The third-order valence-electron chi connectivity index (χ3n) is 5.02. The summed E-state index contributed by atoms with van der Waals surface area (Å²) < 4.78 is 57.4. The Morgan fingerprint density at radius 1 is 1.00 bits per heavy atom. The van der Waals surface area contributed by atoms with Gasteiger partial charge in [0.15, 0.2) is 0 Å². The van der Waals surface area contributed by atoms with Crippen molar-refractivity contribution in [2.75, 3.05) is 36.5 Å². The molecular weight excluding hydrogens is 454 g/mol. The van der Waals surface area contributed by atoms with Crippen LogP contribution < -0.4 is 14.8 Å². The molecule has 1 heterocycles. The summed E-state index contributed by atoms with van der Waals surface area (Å²) in [5.74, 6) is -0.0389. The summed E-state index contributed by atoms with van der Waals surface area (Å²) in [5, 5.41) is 2.73. The van der Waals surface area contributed by atoms with Crippen LogP contribution in [0.2, 0.25) is 0 Å². The summed E-state index contributed by atoms with van der Waals surface area (Å²) in [7, 11) is -5.58. The molecule has 1 amide bonds. The number of hydrogen-bond acceptors (Lipinski definition) is 6. The van der Waals surface area contributed by atoms with E-state index in [1.165, 1.54) is 35.7 Å². The van der Waals surface area contributed by atoms with Gasteiger partial charge in [0, 0.05) is 24.8 Å². The number of amides is 1. The Labute approximate surface area is 188 Å². The maximum absolute atomic E-state index is 12.7. The van der Waals surface area contributed by atoms with Crippen molar-refractivity contribution in [3.63, 3.8) is 0 Å². The van der Waals surface area contributed by atoms with Crippen molar-refractivity contribution in [1.29, 1.82) is 0 Å². The van der Waals surface area contributed by atoms with Gasteiger partial charge in [0.05, 0.1) is 30.4 Å². The number of ether oxygens (including phenoxy) is 1. The Morgan fingerprint density at radius 3 is 2.25 bits per heavy atom. The highest BCUT2D eigenvalue weighted by atomic mass is 32.2. The molecule has 2 aromatic carbocycles. The van der Waals surface area contributed by atoms with Crippen molar-refractivity contribution in [2.24, 2.45) is 0 Å². The van der Waals surface area contributed by atoms with Crippen LogP contribution in [0.25, 0.3) is 0 Å². The third kappa shape index (κ3) is 6.21. The third-order valence-corrected chi connectivity index (χ3v) is 7.53. The van der Waals surface area contributed by atoms with E-state index in [4.69, 9.17) is 4.74 Å². The van der Waals surface area contributed by atoms with Crippen molar-refractivity contribution in [1.82, 2.24) is 4.31 Å². The molecule has 1 fully saturated rings. The second kappa shape index (κ2) is 9.88. The van der Waals surface area contributed by atoms with E-state index >= 15 is 0 Å². The molecule has 174 valence electrons. The van der Waals surface area contributed by atoms with Crippen LogP contribution in [0.5, 0.6) is 5.75 Å². The Bertz CT molecular complexity index is 1170. The van der Waals surface area contributed by atoms with Gasteiger partial charge in [-0.3, -0.25) is 9.52 Å². The molecule has 0 bridgehead atoms. The predicted molar refractivity (Wildman–Crippen MR) is 123 cm³/mol. The molecule has 1 aliphatic heterocycles. The van der Waals surface area contributed by atoms with E-state index < -0.39 is 20.0 Å². The fraction of sp³-hybridized carbons (Fsp3) is 0.381. The fourth-order valence-electron chi connectivity index (χ4n) is 3.48. The number of piperidine rings is 1. The van der Waals surface area contributed by atoms with E-state index in [0.717, 1.165) is 25.5 Å². The molecule has 2 aromatic rings. The smallest absolute Gasteiger partial charge is 0.243 e. The second-order valence-electron chi connectivity index (χ2n) is 7.62. The van der Waals surface area contributed by atoms with Gasteiger partial charge < -0.3 is 10.1 Å². The van der Waals surface area contributed by atoms with Crippen LogP contribution in [0.1, 0.15) is 24.8 Å². The molecule has 1 aliphatic rings. The van der Waals surface area contributed by atoms with Gasteiger partial charge in [0.25, 0.3) is 0 Å². The lowest BCUT2D eigenvalue weighted by atomic mass is 10.1. The molecule has 32 heavy (non-hydrogen) atoms. The first-order chi connectivity index (χ1) is 15.1. The van der Waals surface area contributed by atoms with Crippen LogP contribution in [0, 0.1) is 0 Å². The standard InChI is InChI=1S/C21H27N3O6S2/c1-30-20-15-17(8-11-19(20)23-31(2,26)27)22-21(25)14-16-6-9-18(10-7-16)32(28,29)24-12-4-3-5-13-24/h6-11,15,23H,3-5,12-14H2,1-2H3,(H,22,25). The van der Waals surface area contributed by atoms with Crippen molar-refractivity contribution in [3.05, 3.63) is 48.0 Å². The van der Waals surface area contributed by atoms with Gasteiger partial charge in [0.2, 0.25) is 26.0 Å². The first-order valence-electron chi connectivity index (χ1n) is 10.1. The number of sulfonamides is 2. The van der Waals surface area contributed by atoms with Crippen LogP contribution in [0.4, 0.5) is 11.4 Å². The lowest BCUT2D eigenvalue weighted by Crippen LogP contribution is -2.35. The topological polar surface area (TPSA) is 122 Å². The zero-order valence-electron chi connectivity index (χ0n) is 18.0. The predicted octanol–water partition coefficient (Wildman–Crippen LogP) is 2.42. The molecule has 0 radical (unpaired) electrons. The van der Waals surface area contributed by atoms with E-state index in [2.05, 4.69) is 10.0 Å². The van der Waals surface area contributed by atoms with Crippen LogP contribution in [0.15, 0.2) is 47.4 Å². The minimum atomic E-state index is -3.51. The number of anilines is 2. The normalized spacial score (nSPS) is 15.2. The SMILES string of the molecule is COc1cc(NC(=O)Cc2ccc(S(=O)(=O)N3CCCCC3)cc2)ccc1NS(C)(=O)=O. The fourth-order valence-corrected chi connectivity index (χ4v) is 5.56. The summed E-state index contributed by atoms with van der Waals surface area (Å²) in [4.78, 5) is 12.7. The highest BCUT2D eigenvalue weighted by molar-refractivity contribution is 7.92. The maximum Gasteiger partial charge on any atom is 0.243 e. The van der Waals surface area contributed by atoms with Crippen LogP contribution in [-0.4, -0.2) is 53.5 Å². The van der Waals surface area contributed by atoms with Crippen LogP contribution in [0.3, 0.4) is 0 Å². The Kier molecular flexibility index (Phi) is 7.42. The van der Waals surface area contributed by atoms with Gasteiger partial charge in [-0.1, -0.05) is 18.6 Å². The lowest BCUT2D eigenvalue weighted by Gasteiger charge is -2.25. The largest absolute Gasteiger partial charge is 0.494 e. The molecule has 0 aliphatic carbocycles. The molecule has 0 atom stereocenters. The molecule has 9 nitrogen and oxygen atoms in total. The monoisotopic (exact) mass is 481 g/mol.